The number of morpholine rings is 1. The molecule has 1 aromatic rings. The normalized spacial score (nSPS) is 19.7. The molecule has 0 aromatic heterocycles. The lowest BCUT2D eigenvalue weighted by Crippen LogP contribution is -2.39. The molecule has 0 amide bonds. The van der Waals surface area contributed by atoms with Crippen LogP contribution in [0.5, 0.6) is 0 Å². The van der Waals surface area contributed by atoms with Gasteiger partial charge in [0, 0.05) is 30.1 Å². The van der Waals surface area contributed by atoms with E-state index in [9.17, 15) is 9.18 Å². The van der Waals surface area contributed by atoms with Gasteiger partial charge in [-0.1, -0.05) is 23.2 Å². The summed E-state index contributed by atoms with van der Waals surface area (Å²) in [6, 6.07) is 2.68. The van der Waals surface area contributed by atoms with Crippen LogP contribution < -0.4 is 0 Å². The number of carboxylic acids is 1. The van der Waals surface area contributed by atoms with Crippen molar-refractivity contribution in [3.05, 3.63) is 33.6 Å². The van der Waals surface area contributed by atoms with E-state index in [0.717, 1.165) is 6.54 Å². The van der Waals surface area contributed by atoms with Gasteiger partial charge in [0.25, 0.3) is 0 Å². The van der Waals surface area contributed by atoms with E-state index in [2.05, 4.69) is 4.90 Å². The molecule has 1 unspecified atom stereocenters. The summed E-state index contributed by atoms with van der Waals surface area (Å²) in [5, 5.41) is 9.01. The number of carboxylic acid groups (broad SMARTS) is 1. The lowest BCUT2D eigenvalue weighted by Gasteiger charge is -2.33. The van der Waals surface area contributed by atoms with E-state index in [-0.39, 0.29) is 17.5 Å². The number of ether oxygens (including phenoxy) is 1. The topological polar surface area (TPSA) is 49.8 Å². The fraction of sp³-hybridized carbons (Fsp3) is 0.500. The standard InChI is InChI=1S/C14H16Cl2FNO3/c15-10-7-11(16)12(17)6-9(10)13-8-18(4-5-21-13)3-1-2-14(19)20/h6-7,13H,1-5,8H2,(H,19,20). The second-order valence-electron chi connectivity index (χ2n) is 4.95. The van der Waals surface area contributed by atoms with Crippen LogP contribution in [0.15, 0.2) is 12.1 Å². The number of carbonyl (C=O) groups is 1. The third-order valence-electron chi connectivity index (χ3n) is 3.40. The smallest absolute Gasteiger partial charge is 0.303 e. The summed E-state index contributed by atoms with van der Waals surface area (Å²) in [6.45, 7) is 2.45. The Morgan fingerprint density at radius 3 is 2.90 bits per heavy atom. The molecule has 1 aromatic carbocycles. The highest BCUT2D eigenvalue weighted by molar-refractivity contribution is 6.35. The second kappa shape index (κ2) is 7.40. The highest BCUT2D eigenvalue weighted by Gasteiger charge is 2.24. The highest BCUT2D eigenvalue weighted by atomic mass is 35.5. The van der Waals surface area contributed by atoms with E-state index in [1.165, 1.54) is 12.1 Å². The molecular weight excluding hydrogens is 320 g/mol. The number of benzene rings is 1. The van der Waals surface area contributed by atoms with E-state index < -0.39 is 11.8 Å². The minimum atomic E-state index is -0.803. The van der Waals surface area contributed by atoms with Gasteiger partial charge in [-0.15, -0.1) is 0 Å². The van der Waals surface area contributed by atoms with E-state index >= 15 is 0 Å². The van der Waals surface area contributed by atoms with Crippen LogP contribution in [0.1, 0.15) is 24.5 Å². The third kappa shape index (κ3) is 4.54. The molecule has 0 aliphatic carbocycles. The average Bonchev–Trinajstić information content (AvgIpc) is 2.43. The van der Waals surface area contributed by atoms with Gasteiger partial charge in [-0.25, -0.2) is 4.39 Å². The summed E-state index contributed by atoms with van der Waals surface area (Å²) in [4.78, 5) is 12.6. The number of hydrogen-bond donors (Lipinski definition) is 1. The third-order valence-corrected chi connectivity index (χ3v) is 4.02. The molecule has 0 bridgehead atoms. The molecule has 1 N–H and O–H groups in total. The van der Waals surface area contributed by atoms with Gasteiger partial charge >= 0.3 is 5.97 Å². The van der Waals surface area contributed by atoms with Crippen LogP contribution >= 0.6 is 23.2 Å². The lowest BCUT2D eigenvalue weighted by atomic mass is 10.1. The molecule has 1 saturated heterocycles. The van der Waals surface area contributed by atoms with E-state index in [1.54, 1.807) is 0 Å². The first-order valence-electron chi connectivity index (χ1n) is 6.67. The zero-order valence-electron chi connectivity index (χ0n) is 11.3. The minimum Gasteiger partial charge on any atom is -0.481 e. The maximum atomic E-state index is 13.6. The van der Waals surface area contributed by atoms with Crippen molar-refractivity contribution in [3.8, 4) is 0 Å². The molecule has 2 rings (SSSR count). The predicted octanol–water partition coefficient (Wildman–Crippen LogP) is 3.37. The van der Waals surface area contributed by atoms with Crippen LogP contribution in [0.3, 0.4) is 0 Å². The summed E-state index contributed by atoms with van der Waals surface area (Å²) >= 11 is 11.8. The van der Waals surface area contributed by atoms with Crippen LogP contribution in [0.2, 0.25) is 10.0 Å². The molecule has 1 aliphatic rings. The predicted molar refractivity (Wildman–Crippen MR) is 78.4 cm³/mol. The van der Waals surface area contributed by atoms with Gasteiger partial charge in [-0.2, -0.15) is 0 Å². The Labute approximate surface area is 132 Å². The molecular formula is C14H16Cl2FNO3. The number of nitrogens with zero attached hydrogens (tertiary/aromatic N) is 1. The molecule has 7 heteroatoms. The summed E-state index contributed by atoms with van der Waals surface area (Å²) in [7, 11) is 0. The van der Waals surface area contributed by atoms with Gasteiger partial charge in [0.05, 0.1) is 17.7 Å². The molecule has 0 radical (unpaired) electrons. The van der Waals surface area contributed by atoms with E-state index in [4.69, 9.17) is 33.0 Å². The van der Waals surface area contributed by atoms with Crippen molar-refractivity contribution < 1.29 is 19.0 Å². The fourth-order valence-electron chi connectivity index (χ4n) is 2.33. The van der Waals surface area contributed by atoms with Crippen molar-refractivity contribution in [2.75, 3.05) is 26.2 Å². The zero-order valence-corrected chi connectivity index (χ0v) is 12.8. The van der Waals surface area contributed by atoms with Crippen molar-refractivity contribution >= 4 is 29.2 Å². The molecule has 1 fully saturated rings. The fourth-order valence-corrected chi connectivity index (χ4v) is 2.84. The molecule has 1 heterocycles. The Morgan fingerprint density at radius 2 is 2.19 bits per heavy atom. The second-order valence-corrected chi connectivity index (χ2v) is 5.76. The minimum absolute atomic E-state index is 0.0159. The van der Waals surface area contributed by atoms with E-state index in [1.807, 2.05) is 0 Å². The lowest BCUT2D eigenvalue weighted by molar-refractivity contribution is -0.137. The maximum Gasteiger partial charge on any atom is 0.303 e. The van der Waals surface area contributed by atoms with Gasteiger partial charge in [0.15, 0.2) is 0 Å². The molecule has 0 spiro atoms. The van der Waals surface area contributed by atoms with Crippen molar-refractivity contribution in [1.82, 2.24) is 4.90 Å². The SMILES string of the molecule is O=C(O)CCCN1CCOC(c2cc(F)c(Cl)cc2Cl)C1. The molecule has 21 heavy (non-hydrogen) atoms. The summed E-state index contributed by atoms with van der Waals surface area (Å²) in [5.74, 6) is -1.33. The zero-order chi connectivity index (χ0) is 15.4. The van der Waals surface area contributed by atoms with Crippen molar-refractivity contribution in [2.24, 2.45) is 0 Å². The van der Waals surface area contributed by atoms with E-state index in [0.29, 0.717) is 36.7 Å². The van der Waals surface area contributed by atoms with Gasteiger partial charge in [-0.05, 0) is 25.1 Å². The number of hydrogen-bond acceptors (Lipinski definition) is 3. The number of aliphatic carboxylic acids is 1. The first-order chi connectivity index (χ1) is 9.97. The van der Waals surface area contributed by atoms with Gasteiger partial charge in [0.2, 0.25) is 0 Å². The van der Waals surface area contributed by atoms with Crippen LogP contribution in [0.25, 0.3) is 0 Å². The quantitative estimate of drug-likeness (QED) is 0.838. The number of halogens is 3. The molecule has 1 aliphatic heterocycles. The van der Waals surface area contributed by atoms with Crippen molar-refractivity contribution in [3.63, 3.8) is 0 Å². The Bertz CT molecular complexity index is 527. The molecule has 116 valence electrons. The van der Waals surface area contributed by atoms with Crippen LogP contribution in [0.4, 0.5) is 4.39 Å². The Balaban J connectivity index is 2.00. The van der Waals surface area contributed by atoms with Gasteiger partial charge < -0.3 is 9.84 Å². The Kier molecular flexibility index (Phi) is 5.81. The van der Waals surface area contributed by atoms with Crippen molar-refractivity contribution in [1.29, 1.82) is 0 Å². The van der Waals surface area contributed by atoms with Crippen molar-refractivity contribution in [2.45, 2.75) is 18.9 Å². The Hall–Kier alpha value is -0.880. The van der Waals surface area contributed by atoms with Crippen LogP contribution in [-0.4, -0.2) is 42.2 Å². The Morgan fingerprint density at radius 1 is 1.43 bits per heavy atom. The highest BCUT2D eigenvalue weighted by Crippen LogP contribution is 2.32. The maximum absolute atomic E-state index is 13.6. The van der Waals surface area contributed by atoms with Crippen LogP contribution in [-0.2, 0) is 9.53 Å². The first-order valence-corrected chi connectivity index (χ1v) is 7.43. The van der Waals surface area contributed by atoms with Gasteiger partial charge in [0.1, 0.15) is 5.82 Å². The monoisotopic (exact) mass is 335 g/mol. The molecule has 1 atom stereocenters. The number of rotatable bonds is 5. The summed E-state index contributed by atoms with van der Waals surface area (Å²) in [6.07, 6.45) is 0.381. The van der Waals surface area contributed by atoms with Crippen LogP contribution in [0, 0.1) is 5.82 Å². The first kappa shape index (κ1) is 16.5. The van der Waals surface area contributed by atoms with Gasteiger partial charge in [-0.3, -0.25) is 9.69 Å². The molecule has 4 nitrogen and oxygen atoms in total. The molecule has 0 saturated carbocycles. The summed E-state index contributed by atoms with van der Waals surface area (Å²) < 4.78 is 19.2. The largest absolute Gasteiger partial charge is 0.481 e. The summed E-state index contributed by atoms with van der Waals surface area (Å²) in [5.41, 5.74) is 0.571. The average molecular weight is 336 g/mol.